The summed E-state index contributed by atoms with van der Waals surface area (Å²) in [4.78, 5) is 20.3. The highest BCUT2D eigenvalue weighted by molar-refractivity contribution is 6.39. The number of halogens is 2. The van der Waals surface area contributed by atoms with Crippen molar-refractivity contribution >= 4 is 51.8 Å². The smallest absolute Gasteiger partial charge is 0.251 e. The SMILES string of the molecule is CC(NC(=O)c1ccc2[nH]c(Nc3c(Cl)cccc3Cl)nc2c1)C1=CC=CCN1. The molecule has 1 atom stereocenters. The Bertz CT molecular complexity index is 1120. The number of dihydropyridines is 1. The van der Waals surface area contributed by atoms with Gasteiger partial charge in [0.25, 0.3) is 5.91 Å². The number of amides is 1. The number of carbonyl (C=O) groups is 1. The molecule has 0 saturated heterocycles. The molecular weight excluding hydrogens is 409 g/mol. The maximum atomic E-state index is 12.7. The molecule has 1 aliphatic rings. The summed E-state index contributed by atoms with van der Waals surface area (Å²) in [6.07, 6.45) is 5.96. The van der Waals surface area contributed by atoms with Crippen molar-refractivity contribution in [1.29, 1.82) is 0 Å². The van der Waals surface area contributed by atoms with E-state index < -0.39 is 0 Å². The molecule has 0 radical (unpaired) electrons. The van der Waals surface area contributed by atoms with Crippen molar-refractivity contribution in [3.05, 3.63) is 75.9 Å². The lowest BCUT2D eigenvalue weighted by atomic mass is 10.1. The zero-order valence-electron chi connectivity index (χ0n) is 15.6. The number of aromatic nitrogens is 2. The van der Waals surface area contributed by atoms with Crippen LogP contribution < -0.4 is 16.0 Å². The van der Waals surface area contributed by atoms with E-state index in [4.69, 9.17) is 23.2 Å². The molecule has 0 bridgehead atoms. The number of hydrogen-bond donors (Lipinski definition) is 4. The Kier molecular flexibility index (Phi) is 5.47. The van der Waals surface area contributed by atoms with Crippen LogP contribution >= 0.6 is 23.2 Å². The number of benzene rings is 2. The third-order valence-corrected chi connectivity index (χ3v) is 5.23. The van der Waals surface area contributed by atoms with Crippen LogP contribution in [0.2, 0.25) is 10.0 Å². The van der Waals surface area contributed by atoms with Crippen molar-refractivity contribution in [3.8, 4) is 0 Å². The zero-order valence-corrected chi connectivity index (χ0v) is 17.1. The highest BCUT2D eigenvalue weighted by Gasteiger charge is 2.15. The quantitative estimate of drug-likeness (QED) is 0.472. The highest BCUT2D eigenvalue weighted by Crippen LogP contribution is 2.32. The molecule has 148 valence electrons. The fourth-order valence-corrected chi connectivity index (χ4v) is 3.56. The van der Waals surface area contributed by atoms with Gasteiger partial charge in [0.1, 0.15) is 0 Å². The molecule has 0 spiro atoms. The fourth-order valence-electron chi connectivity index (χ4n) is 3.07. The van der Waals surface area contributed by atoms with Crippen LogP contribution in [-0.2, 0) is 0 Å². The molecule has 0 saturated carbocycles. The van der Waals surface area contributed by atoms with Crippen molar-refractivity contribution in [3.63, 3.8) is 0 Å². The largest absolute Gasteiger partial charge is 0.383 e. The molecular formula is C21H19Cl2N5O. The second kappa shape index (κ2) is 8.19. The van der Waals surface area contributed by atoms with Gasteiger partial charge in [-0.25, -0.2) is 4.98 Å². The predicted octanol–water partition coefficient (Wildman–Crippen LogP) is 4.77. The van der Waals surface area contributed by atoms with E-state index in [-0.39, 0.29) is 11.9 Å². The average Bonchev–Trinajstić information content (AvgIpc) is 3.13. The first-order chi connectivity index (χ1) is 14.0. The van der Waals surface area contributed by atoms with Crippen LogP contribution in [0.4, 0.5) is 11.6 Å². The van der Waals surface area contributed by atoms with Crippen LogP contribution in [0.15, 0.2) is 60.3 Å². The molecule has 1 unspecified atom stereocenters. The maximum absolute atomic E-state index is 12.7. The number of anilines is 2. The third kappa shape index (κ3) is 4.23. The van der Waals surface area contributed by atoms with Crippen LogP contribution in [0.3, 0.4) is 0 Å². The van der Waals surface area contributed by atoms with E-state index in [1.807, 2.05) is 31.2 Å². The van der Waals surface area contributed by atoms with E-state index >= 15 is 0 Å². The Balaban J connectivity index is 1.53. The Morgan fingerprint density at radius 1 is 1.21 bits per heavy atom. The first kappa shape index (κ1) is 19.4. The molecule has 29 heavy (non-hydrogen) atoms. The summed E-state index contributed by atoms with van der Waals surface area (Å²) in [6.45, 7) is 2.70. The minimum absolute atomic E-state index is 0.123. The Labute approximate surface area is 178 Å². The van der Waals surface area contributed by atoms with Crippen LogP contribution in [0, 0.1) is 0 Å². The predicted molar refractivity (Wildman–Crippen MR) is 118 cm³/mol. The average molecular weight is 428 g/mol. The third-order valence-electron chi connectivity index (χ3n) is 4.60. The summed E-state index contributed by atoms with van der Waals surface area (Å²) in [5, 5.41) is 10.3. The number of H-pyrrole nitrogens is 1. The summed E-state index contributed by atoms with van der Waals surface area (Å²) in [6, 6.07) is 10.5. The molecule has 2 aromatic carbocycles. The lowest BCUT2D eigenvalue weighted by Crippen LogP contribution is -2.38. The summed E-state index contributed by atoms with van der Waals surface area (Å²) in [5.74, 6) is 0.326. The number of nitrogens with one attached hydrogen (secondary N) is 4. The number of imidazole rings is 1. The fraction of sp³-hybridized carbons (Fsp3) is 0.143. The summed E-state index contributed by atoms with van der Waals surface area (Å²) in [5.41, 5.74) is 3.54. The van der Waals surface area contributed by atoms with Gasteiger partial charge in [-0.05, 0) is 43.3 Å². The van der Waals surface area contributed by atoms with Crippen molar-refractivity contribution in [1.82, 2.24) is 20.6 Å². The molecule has 0 aliphatic carbocycles. The number of hydrogen-bond acceptors (Lipinski definition) is 4. The number of allylic oxidation sites excluding steroid dienone is 2. The van der Waals surface area contributed by atoms with E-state index in [1.165, 1.54) is 0 Å². The lowest BCUT2D eigenvalue weighted by Gasteiger charge is -2.20. The molecule has 1 amide bonds. The number of carbonyl (C=O) groups excluding carboxylic acids is 1. The Morgan fingerprint density at radius 2 is 2.00 bits per heavy atom. The van der Waals surface area contributed by atoms with E-state index in [1.54, 1.807) is 30.3 Å². The summed E-state index contributed by atoms with van der Waals surface area (Å²) >= 11 is 12.4. The number of rotatable bonds is 5. The molecule has 6 nitrogen and oxygen atoms in total. The first-order valence-electron chi connectivity index (χ1n) is 9.13. The van der Waals surface area contributed by atoms with Gasteiger partial charge in [0.2, 0.25) is 5.95 Å². The van der Waals surface area contributed by atoms with Crippen LogP contribution in [0.1, 0.15) is 17.3 Å². The lowest BCUT2D eigenvalue weighted by molar-refractivity contribution is 0.0944. The standard InChI is InChI=1S/C21H19Cl2N5O/c1-12(16-7-2-3-10-24-16)25-20(29)13-8-9-17-18(11-13)27-21(26-17)28-19-14(22)5-4-6-15(19)23/h2-9,11-12,24H,10H2,1H3,(H,25,29)(H2,26,27,28). The molecule has 0 fully saturated rings. The molecule has 8 heteroatoms. The highest BCUT2D eigenvalue weighted by atomic mass is 35.5. The van der Waals surface area contributed by atoms with Gasteiger partial charge in [-0.15, -0.1) is 0 Å². The van der Waals surface area contributed by atoms with E-state index in [9.17, 15) is 4.79 Å². The van der Waals surface area contributed by atoms with Gasteiger partial charge in [0.05, 0.1) is 32.8 Å². The summed E-state index contributed by atoms with van der Waals surface area (Å²) in [7, 11) is 0. The Morgan fingerprint density at radius 3 is 2.72 bits per heavy atom. The van der Waals surface area contributed by atoms with Gasteiger partial charge in [-0.1, -0.05) is 41.4 Å². The first-order valence-corrected chi connectivity index (χ1v) is 9.89. The second-order valence-electron chi connectivity index (χ2n) is 6.67. The van der Waals surface area contributed by atoms with Crippen molar-refractivity contribution in [2.24, 2.45) is 0 Å². The van der Waals surface area contributed by atoms with Gasteiger partial charge < -0.3 is 20.9 Å². The molecule has 4 rings (SSSR count). The van der Waals surface area contributed by atoms with E-state index in [2.05, 4.69) is 25.9 Å². The molecule has 1 aromatic heterocycles. The van der Waals surface area contributed by atoms with E-state index in [0.717, 1.165) is 17.8 Å². The number of aromatic amines is 1. The Hall–Kier alpha value is -2.96. The van der Waals surface area contributed by atoms with Crippen LogP contribution in [0.25, 0.3) is 11.0 Å². The van der Waals surface area contributed by atoms with Crippen molar-refractivity contribution in [2.75, 3.05) is 11.9 Å². The zero-order chi connectivity index (χ0) is 20.4. The molecule has 4 N–H and O–H groups in total. The van der Waals surface area contributed by atoms with Gasteiger partial charge >= 0.3 is 0 Å². The number of fused-ring (bicyclic) bond motifs is 1. The van der Waals surface area contributed by atoms with Gasteiger partial charge in [0.15, 0.2) is 0 Å². The second-order valence-corrected chi connectivity index (χ2v) is 7.48. The van der Waals surface area contributed by atoms with E-state index in [0.29, 0.717) is 32.8 Å². The molecule has 1 aliphatic heterocycles. The van der Waals surface area contributed by atoms with Crippen molar-refractivity contribution < 1.29 is 4.79 Å². The van der Waals surface area contributed by atoms with Gasteiger partial charge in [-0.3, -0.25) is 4.79 Å². The van der Waals surface area contributed by atoms with Gasteiger partial charge in [0, 0.05) is 17.8 Å². The van der Waals surface area contributed by atoms with Crippen LogP contribution in [-0.4, -0.2) is 28.5 Å². The molecule has 3 aromatic rings. The summed E-state index contributed by atoms with van der Waals surface area (Å²) < 4.78 is 0. The molecule has 2 heterocycles. The monoisotopic (exact) mass is 427 g/mol. The normalized spacial score (nSPS) is 14.2. The van der Waals surface area contributed by atoms with Crippen LogP contribution in [0.5, 0.6) is 0 Å². The number of nitrogens with zero attached hydrogens (tertiary/aromatic N) is 1. The van der Waals surface area contributed by atoms with Gasteiger partial charge in [-0.2, -0.15) is 0 Å². The topological polar surface area (TPSA) is 81.8 Å². The minimum Gasteiger partial charge on any atom is -0.383 e. The van der Waals surface area contributed by atoms with Crippen molar-refractivity contribution in [2.45, 2.75) is 13.0 Å². The minimum atomic E-state index is -0.164. The number of para-hydroxylation sites is 1. The maximum Gasteiger partial charge on any atom is 0.251 e.